The number of pyridine rings is 1. The molecule has 0 atom stereocenters. The summed E-state index contributed by atoms with van der Waals surface area (Å²) in [5.74, 6) is 0. The minimum Gasteiger partial charge on any atom is -0.390 e. The van der Waals surface area contributed by atoms with Gasteiger partial charge in [-0.25, -0.2) is 4.98 Å². The zero-order chi connectivity index (χ0) is 8.55. The number of halogens is 1. The van der Waals surface area contributed by atoms with E-state index in [2.05, 4.69) is 9.97 Å². The lowest BCUT2D eigenvalue weighted by molar-refractivity contribution is 0.278. The minimum atomic E-state index is 0.00625. The maximum atomic E-state index is 8.82. The Morgan fingerprint density at radius 1 is 1.50 bits per heavy atom. The summed E-state index contributed by atoms with van der Waals surface area (Å²) in [6.07, 6.45) is 1.65. The normalized spacial score (nSPS) is 10.8. The van der Waals surface area contributed by atoms with E-state index in [1.54, 1.807) is 12.3 Å². The Hall–Kier alpha value is -1.06. The van der Waals surface area contributed by atoms with Crippen LogP contribution < -0.4 is 0 Å². The molecular formula is C8H7ClN2O. The van der Waals surface area contributed by atoms with E-state index in [1.165, 1.54) is 0 Å². The lowest BCUT2D eigenvalue weighted by Gasteiger charge is -1.88. The second kappa shape index (κ2) is 2.77. The van der Waals surface area contributed by atoms with Gasteiger partial charge in [0.1, 0.15) is 5.15 Å². The predicted molar refractivity (Wildman–Crippen MR) is 47.0 cm³/mol. The average molecular weight is 183 g/mol. The van der Waals surface area contributed by atoms with Crippen LogP contribution in [0.5, 0.6) is 0 Å². The zero-order valence-corrected chi connectivity index (χ0v) is 6.97. The molecular weight excluding hydrogens is 176 g/mol. The molecule has 2 aromatic heterocycles. The molecule has 2 N–H and O–H groups in total. The Bertz CT molecular complexity index is 410. The van der Waals surface area contributed by atoms with Crippen molar-refractivity contribution in [3.05, 3.63) is 29.2 Å². The van der Waals surface area contributed by atoms with Gasteiger partial charge in [0.15, 0.2) is 0 Å². The van der Waals surface area contributed by atoms with Gasteiger partial charge >= 0.3 is 0 Å². The summed E-state index contributed by atoms with van der Waals surface area (Å²) < 4.78 is 0. The van der Waals surface area contributed by atoms with E-state index < -0.39 is 0 Å². The van der Waals surface area contributed by atoms with E-state index in [0.717, 1.165) is 16.6 Å². The van der Waals surface area contributed by atoms with Crippen molar-refractivity contribution in [2.45, 2.75) is 6.61 Å². The van der Waals surface area contributed by atoms with Gasteiger partial charge in [0.05, 0.1) is 18.3 Å². The second-order valence-corrected chi connectivity index (χ2v) is 2.93. The molecule has 4 heteroatoms. The molecule has 0 amide bonds. The van der Waals surface area contributed by atoms with Crippen LogP contribution in [0.1, 0.15) is 5.69 Å². The smallest absolute Gasteiger partial charge is 0.129 e. The van der Waals surface area contributed by atoms with Gasteiger partial charge in [-0.05, 0) is 12.1 Å². The van der Waals surface area contributed by atoms with Crippen molar-refractivity contribution in [3.63, 3.8) is 0 Å². The van der Waals surface area contributed by atoms with Crippen LogP contribution in [-0.2, 0) is 6.61 Å². The number of nitrogens with zero attached hydrogens (tertiary/aromatic N) is 1. The van der Waals surface area contributed by atoms with Crippen molar-refractivity contribution in [2.24, 2.45) is 0 Å². The number of fused-ring (bicyclic) bond motifs is 1. The molecule has 2 rings (SSSR count). The number of aliphatic hydroxyl groups is 1. The first kappa shape index (κ1) is 7.58. The molecule has 0 fully saturated rings. The molecule has 0 spiro atoms. The highest BCUT2D eigenvalue weighted by Crippen LogP contribution is 2.17. The van der Waals surface area contributed by atoms with Crippen LogP contribution in [0.15, 0.2) is 18.3 Å². The van der Waals surface area contributed by atoms with Crippen LogP contribution in [0, 0.1) is 0 Å². The predicted octanol–water partition coefficient (Wildman–Crippen LogP) is 1.71. The lowest BCUT2D eigenvalue weighted by atomic mass is 10.3. The number of H-pyrrole nitrogens is 1. The highest BCUT2D eigenvalue weighted by atomic mass is 35.5. The zero-order valence-electron chi connectivity index (χ0n) is 6.21. The Kier molecular flexibility index (Phi) is 1.75. The number of aromatic amines is 1. The number of hydrogen-bond donors (Lipinski definition) is 2. The van der Waals surface area contributed by atoms with Crippen LogP contribution in [0.4, 0.5) is 0 Å². The first-order chi connectivity index (χ1) is 5.79. The Morgan fingerprint density at radius 3 is 3.08 bits per heavy atom. The average Bonchev–Trinajstić information content (AvgIpc) is 2.46. The van der Waals surface area contributed by atoms with Crippen molar-refractivity contribution < 1.29 is 5.11 Å². The SMILES string of the molecule is OCc1cc2cc(Cl)ncc2[nH]1. The summed E-state index contributed by atoms with van der Waals surface area (Å²) >= 11 is 5.68. The molecule has 12 heavy (non-hydrogen) atoms. The number of aromatic nitrogens is 2. The van der Waals surface area contributed by atoms with Crippen molar-refractivity contribution in [2.75, 3.05) is 0 Å². The third kappa shape index (κ3) is 1.17. The summed E-state index contributed by atoms with van der Waals surface area (Å²) in [4.78, 5) is 6.91. The van der Waals surface area contributed by atoms with Crippen molar-refractivity contribution in [1.82, 2.24) is 9.97 Å². The molecule has 0 aliphatic carbocycles. The van der Waals surface area contributed by atoms with Crippen LogP contribution in [0.3, 0.4) is 0 Å². The minimum absolute atomic E-state index is 0.00625. The third-order valence-corrected chi connectivity index (χ3v) is 1.90. The van der Waals surface area contributed by atoms with Crippen LogP contribution in [-0.4, -0.2) is 15.1 Å². The third-order valence-electron chi connectivity index (χ3n) is 1.70. The van der Waals surface area contributed by atoms with Gasteiger partial charge in [-0.3, -0.25) is 0 Å². The highest BCUT2D eigenvalue weighted by molar-refractivity contribution is 6.30. The number of hydrogen-bond acceptors (Lipinski definition) is 2. The largest absolute Gasteiger partial charge is 0.390 e. The summed E-state index contributed by atoms with van der Waals surface area (Å²) in [5, 5.41) is 10.3. The number of aliphatic hydroxyl groups excluding tert-OH is 1. The topological polar surface area (TPSA) is 48.9 Å². The first-order valence-electron chi connectivity index (χ1n) is 3.53. The van der Waals surface area contributed by atoms with E-state index in [4.69, 9.17) is 16.7 Å². The summed E-state index contributed by atoms with van der Waals surface area (Å²) in [7, 11) is 0. The van der Waals surface area contributed by atoms with Gasteiger partial charge in [0.25, 0.3) is 0 Å². The van der Waals surface area contributed by atoms with Gasteiger partial charge in [0, 0.05) is 11.1 Å². The summed E-state index contributed by atoms with van der Waals surface area (Å²) in [6, 6.07) is 3.61. The molecule has 0 aromatic carbocycles. The van der Waals surface area contributed by atoms with E-state index in [0.29, 0.717) is 5.15 Å². The molecule has 0 saturated heterocycles. The molecule has 62 valence electrons. The fourth-order valence-electron chi connectivity index (χ4n) is 1.15. The monoisotopic (exact) mass is 182 g/mol. The summed E-state index contributed by atoms with van der Waals surface area (Å²) in [5.41, 5.74) is 1.66. The van der Waals surface area contributed by atoms with Crippen molar-refractivity contribution in [3.8, 4) is 0 Å². The van der Waals surface area contributed by atoms with E-state index >= 15 is 0 Å². The van der Waals surface area contributed by atoms with Gasteiger partial charge in [-0.1, -0.05) is 11.6 Å². The fraction of sp³-hybridized carbons (Fsp3) is 0.125. The quantitative estimate of drug-likeness (QED) is 0.660. The Balaban J connectivity index is 2.67. The lowest BCUT2D eigenvalue weighted by Crippen LogP contribution is -1.79. The summed E-state index contributed by atoms with van der Waals surface area (Å²) in [6.45, 7) is 0.00625. The molecule has 0 radical (unpaired) electrons. The fourth-order valence-corrected chi connectivity index (χ4v) is 1.32. The van der Waals surface area contributed by atoms with E-state index in [1.807, 2.05) is 6.07 Å². The first-order valence-corrected chi connectivity index (χ1v) is 3.91. The standard InChI is InChI=1S/C8H7ClN2O/c9-8-2-5-1-6(4-12)11-7(5)3-10-8/h1-3,11-12H,4H2. The second-order valence-electron chi connectivity index (χ2n) is 2.55. The molecule has 0 saturated carbocycles. The molecule has 0 bridgehead atoms. The highest BCUT2D eigenvalue weighted by Gasteiger charge is 1.99. The van der Waals surface area contributed by atoms with Gasteiger partial charge in [-0.15, -0.1) is 0 Å². The molecule has 0 aliphatic rings. The molecule has 3 nitrogen and oxygen atoms in total. The van der Waals surface area contributed by atoms with Crippen LogP contribution in [0.2, 0.25) is 5.15 Å². The van der Waals surface area contributed by atoms with Gasteiger partial charge in [-0.2, -0.15) is 0 Å². The van der Waals surface area contributed by atoms with E-state index in [9.17, 15) is 0 Å². The molecule has 2 aromatic rings. The van der Waals surface area contributed by atoms with Crippen LogP contribution >= 0.6 is 11.6 Å². The van der Waals surface area contributed by atoms with Crippen molar-refractivity contribution in [1.29, 1.82) is 0 Å². The van der Waals surface area contributed by atoms with Crippen LogP contribution in [0.25, 0.3) is 10.9 Å². The van der Waals surface area contributed by atoms with Gasteiger partial charge in [0.2, 0.25) is 0 Å². The van der Waals surface area contributed by atoms with Gasteiger partial charge < -0.3 is 10.1 Å². The molecule has 0 aliphatic heterocycles. The molecule has 0 unspecified atom stereocenters. The Labute approximate surface area is 74.0 Å². The maximum Gasteiger partial charge on any atom is 0.129 e. The molecule has 2 heterocycles. The Morgan fingerprint density at radius 2 is 2.33 bits per heavy atom. The maximum absolute atomic E-state index is 8.82. The number of nitrogens with one attached hydrogen (secondary N) is 1. The van der Waals surface area contributed by atoms with E-state index in [-0.39, 0.29) is 6.61 Å². The van der Waals surface area contributed by atoms with Crippen molar-refractivity contribution >= 4 is 22.5 Å². The number of rotatable bonds is 1.